The molecule has 0 aliphatic carbocycles. The molecule has 0 saturated carbocycles. The van der Waals surface area contributed by atoms with Crippen LogP contribution in [0.4, 0.5) is 0 Å². The summed E-state index contributed by atoms with van der Waals surface area (Å²) in [5.41, 5.74) is 8.37. The van der Waals surface area contributed by atoms with Gasteiger partial charge >= 0.3 is 0 Å². The molecule has 1 heterocycles. The fraction of sp³-hybridized carbons (Fsp3) is 0.375. The Labute approximate surface area is 125 Å². The predicted molar refractivity (Wildman–Crippen MR) is 85.1 cm³/mol. The molecule has 0 aliphatic rings. The van der Waals surface area contributed by atoms with Gasteiger partial charge in [-0.2, -0.15) is 0 Å². The van der Waals surface area contributed by atoms with Gasteiger partial charge in [-0.25, -0.2) is 0 Å². The summed E-state index contributed by atoms with van der Waals surface area (Å²) in [5, 5.41) is 0. The van der Waals surface area contributed by atoms with Crippen molar-refractivity contribution in [1.82, 2.24) is 4.90 Å². The van der Waals surface area contributed by atoms with E-state index in [-0.39, 0.29) is 0 Å². The Morgan fingerprint density at radius 2 is 1.90 bits per heavy atom. The molecule has 0 unspecified atom stereocenters. The molecule has 0 atom stereocenters. The molecule has 4 heteroatoms. The van der Waals surface area contributed by atoms with Crippen molar-refractivity contribution in [3.63, 3.8) is 0 Å². The van der Waals surface area contributed by atoms with Crippen molar-refractivity contribution in [2.75, 3.05) is 14.2 Å². The van der Waals surface area contributed by atoms with Gasteiger partial charge in [-0.1, -0.05) is 12.1 Å². The van der Waals surface area contributed by atoms with Crippen LogP contribution >= 0.6 is 11.3 Å². The fourth-order valence-electron chi connectivity index (χ4n) is 2.23. The molecule has 0 bridgehead atoms. The second kappa shape index (κ2) is 6.88. The van der Waals surface area contributed by atoms with Gasteiger partial charge < -0.3 is 10.5 Å². The van der Waals surface area contributed by atoms with Crippen molar-refractivity contribution >= 4 is 11.3 Å². The van der Waals surface area contributed by atoms with Crippen LogP contribution in [0, 0.1) is 6.92 Å². The summed E-state index contributed by atoms with van der Waals surface area (Å²) in [6.07, 6.45) is 0. The summed E-state index contributed by atoms with van der Waals surface area (Å²) in [6.45, 7) is 4.68. The molecule has 0 aliphatic heterocycles. The van der Waals surface area contributed by atoms with Gasteiger partial charge in [0, 0.05) is 29.4 Å². The van der Waals surface area contributed by atoms with Crippen LogP contribution in [0.5, 0.6) is 5.75 Å². The summed E-state index contributed by atoms with van der Waals surface area (Å²) in [6, 6.07) is 10.5. The lowest BCUT2D eigenvalue weighted by Gasteiger charge is -2.16. The van der Waals surface area contributed by atoms with Gasteiger partial charge in [0.05, 0.1) is 7.11 Å². The van der Waals surface area contributed by atoms with E-state index in [4.69, 9.17) is 10.5 Å². The van der Waals surface area contributed by atoms with E-state index in [0.29, 0.717) is 6.54 Å². The van der Waals surface area contributed by atoms with Crippen LogP contribution in [0.1, 0.15) is 20.9 Å². The number of methoxy groups -OCH3 is 1. The SMILES string of the molecule is COc1ccc(CN(C)Cc2cc(CN)sc2C)cc1. The molecular formula is C16H22N2OS. The predicted octanol–water partition coefficient (Wildman–Crippen LogP) is 3.16. The van der Waals surface area contributed by atoms with E-state index in [1.165, 1.54) is 20.9 Å². The summed E-state index contributed by atoms with van der Waals surface area (Å²) in [5.74, 6) is 0.901. The Hall–Kier alpha value is -1.36. The number of benzene rings is 1. The summed E-state index contributed by atoms with van der Waals surface area (Å²) >= 11 is 1.80. The average Bonchev–Trinajstić information content (AvgIpc) is 2.80. The molecule has 0 amide bonds. The number of hydrogen-bond donors (Lipinski definition) is 1. The molecule has 0 spiro atoms. The van der Waals surface area contributed by atoms with Crippen molar-refractivity contribution in [1.29, 1.82) is 0 Å². The first-order valence-corrected chi connectivity index (χ1v) is 7.53. The molecule has 1 aromatic heterocycles. The minimum absolute atomic E-state index is 0.633. The number of aryl methyl sites for hydroxylation is 1. The summed E-state index contributed by atoms with van der Waals surface area (Å²) < 4.78 is 5.18. The van der Waals surface area contributed by atoms with Crippen LogP contribution in [0.2, 0.25) is 0 Å². The molecule has 0 fully saturated rings. The van der Waals surface area contributed by atoms with E-state index >= 15 is 0 Å². The Kier molecular flexibility index (Phi) is 5.17. The largest absolute Gasteiger partial charge is 0.497 e. The number of thiophene rings is 1. The third-order valence-electron chi connectivity index (χ3n) is 3.32. The number of hydrogen-bond acceptors (Lipinski definition) is 4. The Morgan fingerprint density at radius 3 is 2.45 bits per heavy atom. The van der Waals surface area contributed by atoms with Gasteiger partial charge in [0.1, 0.15) is 5.75 Å². The van der Waals surface area contributed by atoms with Crippen LogP contribution in [0.25, 0.3) is 0 Å². The maximum atomic E-state index is 5.70. The topological polar surface area (TPSA) is 38.5 Å². The third-order valence-corrected chi connectivity index (χ3v) is 4.44. The maximum absolute atomic E-state index is 5.70. The molecule has 2 rings (SSSR count). The van der Waals surface area contributed by atoms with Crippen LogP contribution in [0.15, 0.2) is 30.3 Å². The average molecular weight is 290 g/mol. The first kappa shape index (κ1) is 15.0. The van der Waals surface area contributed by atoms with E-state index in [2.05, 4.69) is 37.1 Å². The maximum Gasteiger partial charge on any atom is 0.118 e. The molecule has 0 saturated heterocycles. The van der Waals surface area contributed by atoms with Crippen LogP contribution in [0.3, 0.4) is 0 Å². The van der Waals surface area contributed by atoms with Gasteiger partial charge in [0.2, 0.25) is 0 Å². The quantitative estimate of drug-likeness (QED) is 0.888. The van der Waals surface area contributed by atoms with Crippen molar-refractivity contribution in [2.24, 2.45) is 5.73 Å². The first-order chi connectivity index (χ1) is 9.62. The lowest BCUT2D eigenvalue weighted by molar-refractivity contribution is 0.318. The highest BCUT2D eigenvalue weighted by Crippen LogP contribution is 2.23. The van der Waals surface area contributed by atoms with Crippen LogP contribution in [-0.2, 0) is 19.6 Å². The summed E-state index contributed by atoms with van der Waals surface area (Å²) in [7, 11) is 3.83. The van der Waals surface area contributed by atoms with E-state index in [9.17, 15) is 0 Å². The molecule has 1 aromatic carbocycles. The second-order valence-electron chi connectivity index (χ2n) is 5.02. The van der Waals surface area contributed by atoms with E-state index < -0.39 is 0 Å². The number of nitrogens with zero attached hydrogens (tertiary/aromatic N) is 1. The molecule has 2 aromatic rings. The molecule has 2 N–H and O–H groups in total. The van der Waals surface area contributed by atoms with Gasteiger partial charge in [-0.3, -0.25) is 4.90 Å². The summed E-state index contributed by atoms with van der Waals surface area (Å²) in [4.78, 5) is 4.94. The third kappa shape index (κ3) is 3.82. The fourth-order valence-corrected chi connectivity index (χ4v) is 3.17. The minimum Gasteiger partial charge on any atom is -0.497 e. The van der Waals surface area contributed by atoms with Crippen LogP contribution < -0.4 is 10.5 Å². The highest BCUT2D eigenvalue weighted by molar-refractivity contribution is 7.12. The molecule has 20 heavy (non-hydrogen) atoms. The lowest BCUT2D eigenvalue weighted by atomic mass is 10.2. The zero-order valence-electron chi connectivity index (χ0n) is 12.3. The zero-order chi connectivity index (χ0) is 14.5. The minimum atomic E-state index is 0.633. The second-order valence-corrected chi connectivity index (χ2v) is 6.36. The Morgan fingerprint density at radius 1 is 1.20 bits per heavy atom. The molecule has 108 valence electrons. The van der Waals surface area contributed by atoms with E-state index in [1.807, 2.05) is 12.1 Å². The molecule has 0 radical (unpaired) electrons. The van der Waals surface area contributed by atoms with Gasteiger partial charge in [-0.15, -0.1) is 11.3 Å². The normalized spacial score (nSPS) is 11.1. The van der Waals surface area contributed by atoms with Gasteiger partial charge in [0.15, 0.2) is 0 Å². The Balaban J connectivity index is 1.97. The van der Waals surface area contributed by atoms with Crippen molar-refractivity contribution < 1.29 is 4.74 Å². The van der Waals surface area contributed by atoms with E-state index in [0.717, 1.165) is 18.8 Å². The first-order valence-electron chi connectivity index (χ1n) is 6.72. The van der Waals surface area contributed by atoms with Crippen molar-refractivity contribution in [3.05, 3.63) is 51.2 Å². The van der Waals surface area contributed by atoms with Crippen LogP contribution in [-0.4, -0.2) is 19.1 Å². The standard InChI is InChI=1S/C16H22N2OS/c1-12-14(8-16(9-17)20-12)11-18(2)10-13-4-6-15(19-3)7-5-13/h4-8H,9-11,17H2,1-3H3. The monoisotopic (exact) mass is 290 g/mol. The number of nitrogens with two attached hydrogens (primary N) is 1. The number of rotatable bonds is 6. The van der Waals surface area contributed by atoms with Crippen molar-refractivity contribution in [3.8, 4) is 5.75 Å². The number of ether oxygens (including phenoxy) is 1. The Bertz CT molecular complexity index is 548. The van der Waals surface area contributed by atoms with Gasteiger partial charge in [0.25, 0.3) is 0 Å². The lowest BCUT2D eigenvalue weighted by Crippen LogP contribution is -2.17. The molecular weight excluding hydrogens is 268 g/mol. The van der Waals surface area contributed by atoms with Crippen molar-refractivity contribution in [2.45, 2.75) is 26.6 Å². The highest BCUT2D eigenvalue weighted by Gasteiger charge is 2.08. The molecule has 3 nitrogen and oxygen atoms in total. The van der Waals surface area contributed by atoms with E-state index in [1.54, 1.807) is 18.4 Å². The highest BCUT2D eigenvalue weighted by atomic mass is 32.1. The smallest absolute Gasteiger partial charge is 0.118 e. The van der Waals surface area contributed by atoms with Gasteiger partial charge in [-0.05, 0) is 43.3 Å². The zero-order valence-corrected chi connectivity index (χ0v) is 13.2.